The molecule has 0 aromatic carbocycles. The van der Waals surface area contributed by atoms with Gasteiger partial charge in [-0.2, -0.15) is 5.10 Å². The Bertz CT molecular complexity index is 487. The number of hydrogen-bond donors (Lipinski definition) is 0. The highest BCUT2D eigenvalue weighted by molar-refractivity contribution is 5.44. The molecule has 0 N–H and O–H groups in total. The van der Waals surface area contributed by atoms with Gasteiger partial charge in [-0.15, -0.1) is 0 Å². The van der Waals surface area contributed by atoms with E-state index in [0.717, 1.165) is 25.2 Å². The summed E-state index contributed by atoms with van der Waals surface area (Å²) in [5.74, 6) is 0. The Morgan fingerprint density at radius 1 is 1.40 bits per heavy atom. The molecule has 1 fully saturated rings. The Morgan fingerprint density at radius 2 is 2.15 bits per heavy atom. The lowest BCUT2D eigenvalue weighted by molar-refractivity contribution is -0.113. The summed E-state index contributed by atoms with van der Waals surface area (Å²) in [6.45, 7) is 1.94. The predicted molar refractivity (Wildman–Crippen MR) is 73.9 cm³/mol. The molecule has 1 aliphatic rings. The Labute approximate surface area is 118 Å². The molecule has 112 valence electrons. The van der Waals surface area contributed by atoms with Gasteiger partial charge in [0, 0.05) is 40.5 Å². The average Bonchev–Trinajstić information content (AvgIpc) is 2.95. The zero-order valence-electron chi connectivity index (χ0n) is 12.1. The van der Waals surface area contributed by atoms with Crippen molar-refractivity contribution in [2.75, 3.05) is 39.3 Å². The van der Waals surface area contributed by atoms with E-state index in [1.54, 1.807) is 19.4 Å². The molecule has 7 nitrogen and oxygen atoms in total. The quantitative estimate of drug-likeness (QED) is 0.689. The van der Waals surface area contributed by atoms with Crippen LogP contribution in [0, 0.1) is 0 Å². The Morgan fingerprint density at radius 3 is 2.70 bits per heavy atom. The van der Waals surface area contributed by atoms with Crippen molar-refractivity contribution in [1.82, 2.24) is 9.78 Å². The monoisotopic (exact) mass is 283 g/mol. The lowest BCUT2D eigenvalue weighted by Crippen LogP contribution is -2.32. The molecule has 1 aromatic heterocycles. The van der Waals surface area contributed by atoms with E-state index in [1.165, 1.54) is 18.9 Å². The van der Waals surface area contributed by atoms with Gasteiger partial charge in [-0.05, 0) is 6.42 Å². The molecule has 0 amide bonds. The van der Waals surface area contributed by atoms with Crippen LogP contribution >= 0.6 is 0 Å². The molecule has 0 saturated carbocycles. The first-order valence-electron chi connectivity index (χ1n) is 6.58. The predicted octanol–water partition coefficient (Wildman–Crippen LogP) is 0.0873. The summed E-state index contributed by atoms with van der Waals surface area (Å²) < 4.78 is 16.8. The van der Waals surface area contributed by atoms with E-state index in [9.17, 15) is 4.79 Å². The molecule has 0 aliphatic carbocycles. The van der Waals surface area contributed by atoms with Crippen molar-refractivity contribution in [2.24, 2.45) is 0 Å². The van der Waals surface area contributed by atoms with Crippen LogP contribution in [0.3, 0.4) is 0 Å². The van der Waals surface area contributed by atoms with Gasteiger partial charge in [-0.25, -0.2) is 4.68 Å². The number of rotatable bonds is 6. The van der Waals surface area contributed by atoms with E-state index in [4.69, 9.17) is 14.2 Å². The molecule has 1 aromatic rings. The van der Waals surface area contributed by atoms with Gasteiger partial charge in [0.15, 0.2) is 6.29 Å². The molecule has 2 rings (SSSR count). The summed E-state index contributed by atoms with van der Waals surface area (Å²) in [5, 5.41) is 4.17. The summed E-state index contributed by atoms with van der Waals surface area (Å²) in [4.78, 5) is 14.2. The Balaban J connectivity index is 2.08. The fraction of sp³-hybridized carbons (Fsp3) is 0.692. The summed E-state index contributed by atoms with van der Waals surface area (Å²) in [6.07, 6.45) is 2.41. The van der Waals surface area contributed by atoms with Crippen LogP contribution in [0.4, 0.5) is 5.69 Å². The third-order valence-corrected chi connectivity index (χ3v) is 3.55. The van der Waals surface area contributed by atoms with Crippen molar-refractivity contribution in [1.29, 1.82) is 0 Å². The van der Waals surface area contributed by atoms with Crippen LogP contribution in [-0.2, 0) is 20.8 Å². The SMILES string of the molecule is COC1CCN(c2cnn(CC(OC)OC)c(=O)c2)C1. The molecule has 1 unspecified atom stereocenters. The van der Waals surface area contributed by atoms with Gasteiger partial charge in [-0.3, -0.25) is 4.79 Å². The normalized spacial score (nSPS) is 19.0. The molecule has 7 heteroatoms. The minimum absolute atomic E-state index is 0.164. The van der Waals surface area contributed by atoms with E-state index in [0.29, 0.717) is 0 Å². The summed E-state index contributed by atoms with van der Waals surface area (Å²) in [6, 6.07) is 1.59. The molecule has 20 heavy (non-hydrogen) atoms. The molecular formula is C13H21N3O4. The van der Waals surface area contributed by atoms with Crippen LogP contribution in [0.2, 0.25) is 0 Å². The minimum Gasteiger partial charge on any atom is -0.380 e. The van der Waals surface area contributed by atoms with Gasteiger partial charge in [0.05, 0.1) is 24.5 Å². The Kier molecular flexibility index (Phi) is 5.11. The average molecular weight is 283 g/mol. The molecule has 2 heterocycles. The first kappa shape index (κ1) is 15.0. The van der Waals surface area contributed by atoms with Crippen LogP contribution in [0.1, 0.15) is 6.42 Å². The van der Waals surface area contributed by atoms with Gasteiger partial charge in [0.25, 0.3) is 5.56 Å². The maximum absolute atomic E-state index is 12.0. The van der Waals surface area contributed by atoms with E-state index >= 15 is 0 Å². The fourth-order valence-electron chi connectivity index (χ4n) is 2.28. The maximum atomic E-state index is 12.0. The lowest BCUT2D eigenvalue weighted by atomic mass is 10.3. The highest BCUT2D eigenvalue weighted by Gasteiger charge is 2.23. The van der Waals surface area contributed by atoms with Crippen molar-refractivity contribution >= 4 is 5.69 Å². The zero-order valence-corrected chi connectivity index (χ0v) is 12.1. The molecular weight excluding hydrogens is 262 g/mol. The molecule has 0 spiro atoms. The van der Waals surface area contributed by atoms with Crippen LogP contribution in [-0.4, -0.2) is 56.6 Å². The molecule has 0 radical (unpaired) electrons. The number of ether oxygens (including phenoxy) is 3. The summed E-state index contributed by atoms with van der Waals surface area (Å²) >= 11 is 0. The summed E-state index contributed by atoms with van der Waals surface area (Å²) in [5.41, 5.74) is 0.666. The minimum atomic E-state index is -0.476. The number of nitrogens with zero attached hydrogens (tertiary/aromatic N) is 3. The molecule has 1 aliphatic heterocycles. The van der Waals surface area contributed by atoms with E-state index < -0.39 is 6.29 Å². The maximum Gasteiger partial charge on any atom is 0.268 e. The highest BCUT2D eigenvalue weighted by Crippen LogP contribution is 2.19. The highest BCUT2D eigenvalue weighted by atomic mass is 16.7. The third kappa shape index (κ3) is 3.36. The van der Waals surface area contributed by atoms with E-state index in [-0.39, 0.29) is 18.2 Å². The second-order valence-electron chi connectivity index (χ2n) is 4.73. The first-order valence-corrected chi connectivity index (χ1v) is 6.58. The van der Waals surface area contributed by atoms with Gasteiger partial charge >= 0.3 is 0 Å². The van der Waals surface area contributed by atoms with E-state index in [1.807, 2.05) is 0 Å². The second-order valence-corrected chi connectivity index (χ2v) is 4.73. The van der Waals surface area contributed by atoms with Crippen LogP contribution in [0.15, 0.2) is 17.1 Å². The van der Waals surface area contributed by atoms with Crippen molar-refractivity contribution in [3.8, 4) is 0 Å². The standard InChI is InChI=1S/C13H21N3O4/c1-18-11-4-5-15(8-11)10-6-12(17)16(14-7-10)9-13(19-2)20-3/h6-7,11,13H,4-5,8-9H2,1-3H3. The van der Waals surface area contributed by atoms with Crippen LogP contribution in [0.5, 0.6) is 0 Å². The van der Waals surface area contributed by atoms with Gasteiger partial charge in [0.2, 0.25) is 0 Å². The van der Waals surface area contributed by atoms with Crippen molar-refractivity contribution in [3.63, 3.8) is 0 Å². The van der Waals surface area contributed by atoms with Crippen LogP contribution in [0.25, 0.3) is 0 Å². The third-order valence-electron chi connectivity index (χ3n) is 3.55. The molecule has 1 saturated heterocycles. The van der Waals surface area contributed by atoms with Gasteiger partial charge in [-0.1, -0.05) is 0 Å². The van der Waals surface area contributed by atoms with Crippen molar-refractivity contribution in [2.45, 2.75) is 25.4 Å². The second kappa shape index (κ2) is 6.83. The number of hydrogen-bond acceptors (Lipinski definition) is 6. The number of anilines is 1. The van der Waals surface area contributed by atoms with Crippen molar-refractivity contribution in [3.05, 3.63) is 22.6 Å². The number of methoxy groups -OCH3 is 3. The first-order chi connectivity index (χ1) is 9.67. The van der Waals surface area contributed by atoms with Gasteiger partial charge in [0.1, 0.15) is 0 Å². The van der Waals surface area contributed by atoms with Gasteiger partial charge < -0.3 is 19.1 Å². The Hall–Kier alpha value is -1.44. The lowest BCUT2D eigenvalue weighted by Gasteiger charge is -2.19. The van der Waals surface area contributed by atoms with Crippen LogP contribution < -0.4 is 10.5 Å². The fourth-order valence-corrected chi connectivity index (χ4v) is 2.28. The topological polar surface area (TPSA) is 65.8 Å². The van der Waals surface area contributed by atoms with Crippen molar-refractivity contribution < 1.29 is 14.2 Å². The number of aromatic nitrogens is 2. The van der Waals surface area contributed by atoms with E-state index in [2.05, 4.69) is 10.00 Å². The largest absolute Gasteiger partial charge is 0.380 e. The molecule has 0 bridgehead atoms. The molecule has 1 atom stereocenters. The smallest absolute Gasteiger partial charge is 0.268 e. The zero-order chi connectivity index (χ0) is 14.5. The summed E-state index contributed by atoms with van der Waals surface area (Å²) in [7, 11) is 4.77.